The second-order valence-electron chi connectivity index (χ2n) is 5.45. The summed E-state index contributed by atoms with van der Waals surface area (Å²) in [5.74, 6) is 5.08. The van der Waals surface area contributed by atoms with E-state index in [1.165, 1.54) is 24.2 Å². The summed E-state index contributed by atoms with van der Waals surface area (Å²) >= 11 is 1.34. The van der Waals surface area contributed by atoms with E-state index in [1.54, 1.807) is 18.5 Å². The topological polar surface area (TPSA) is 80.2 Å². The van der Waals surface area contributed by atoms with E-state index in [1.807, 2.05) is 13.8 Å². The molecule has 8 heteroatoms. The zero-order chi connectivity index (χ0) is 18.4. The third-order valence-electron chi connectivity index (χ3n) is 3.30. The van der Waals surface area contributed by atoms with Gasteiger partial charge in [-0.1, -0.05) is 18.9 Å². The molecule has 0 spiro atoms. The maximum absolute atomic E-state index is 14.6. The monoisotopic (exact) mass is 365 g/mol. The Morgan fingerprint density at radius 1 is 1.36 bits per heavy atom. The molecule has 5 N–H and O–H groups in total. The van der Waals surface area contributed by atoms with E-state index < -0.39 is 11.6 Å². The number of anilines is 2. The van der Waals surface area contributed by atoms with E-state index in [-0.39, 0.29) is 17.1 Å². The Bertz CT molecular complexity index is 767. The van der Waals surface area contributed by atoms with Crippen LogP contribution in [0.1, 0.15) is 24.5 Å². The Morgan fingerprint density at radius 3 is 2.80 bits per heavy atom. The molecular formula is C17H21F2N5S. The Kier molecular flexibility index (Phi) is 6.60. The number of hydrogen-bond acceptors (Lipinski definition) is 6. The molecule has 0 aliphatic heterocycles. The summed E-state index contributed by atoms with van der Waals surface area (Å²) in [6.07, 6.45) is 5.43. The van der Waals surface area contributed by atoms with Gasteiger partial charge in [0.1, 0.15) is 5.69 Å². The van der Waals surface area contributed by atoms with Crippen LogP contribution in [0, 0.1) is 18.6 Å². The van der Waals surface area contributed by atoms with Gasteiger partial charge in [0.25, 0.3) is 0 Å². The highest BCUT2D eigenvalue weighted by Crippen LogP contribution is 2.30. The molecule has 0 atom stereocenters. The second kappa shape index (κ2) is 8.68. The van der Waals surface area contributed by atoms with Crippen LogP contribution in [0.15, 0.2) is 36.8 Å². The summed E-state index contributed by atoms with van der Waals surface area (Å²) in [5, 5.41) is 0.845. The van der Waals surface area contributed by atoms with E-state index in [2.05, 4.69) is 9.71 Å². The molecule has 0 saturated heterocycles. The molecule has 1 aromatic carbocycles. The van der Waals surface area contributed by atoms with Crippen LogP contribution in [-0.4, -0.2) is 10.7 Å². The number of nitrogens with one attached hydrogen (secondary N) is 1. The molecule has 0 saturated carbocycles. The van der Waals surface area contributed by atoms with Crippen molar-refractivity contribution in [1.82, 2.24) is 4.98 Å². The van der Waals surface area contributed by atoms with Crippen molar-refractivity contribution in [3.63, 3.8) is 0 Å². The molecule has 25 heavy (non-hydrogen) atoms. The highest BCUT2D eigenvalue weighted by molar-refractivity contribution is 8.00. The molecule has 0 amide bonds. The van der Waals surface area contributed by atoms with Crippen molar-refractivity contribution in [2.24, 2.45) is 11.6 Å². The van der Waals surface area contributed by atoms with Crippen molar-refractivity contribution in [1.29, 1.82) is 0 Å². The lowest BCUT2D eigenvalue weighted by Crippen LogP contribution is -2.28. The van der Waals surface area contributed by atoms with E-state index in [0.717, 1.165) is 28.8 Å². The highest BCUT2D eigenvalue weighted by atomic mass is 32.2. The third kappa shape index (κ3) is 4.83. The summed E-state index contributed by atoms with van der Waals surface area (Å²) < 4.78 is 31.6. The van der Waals surface area contributed by atoms with E-state index in [4.69, 9.17) is 11.6 Å². The molecule has 0 aliphatic carbocycles. The Labute approximate surface area is 150 Å². The number of aromatic nitrogens is 1. The number of halogens is 2. The molecule has 0 fully saturated rings. The average molecular weight is 365 g/mol. The van der Waals surface area contributed by atoms with Gasteiger partial charge in [-0.3, -0.25) is 9.99 Å². The first-order chi connectivity index (χ1) is 11.9. The van der Waals surface area contributed by atoms with Crippen molar-refractivity contribution >= 4 is 29.0 Å². The first-order valence-electron chi connectivity index (χ1n) is 7.73. The Balaban J connectivity index is 2.30. The SMILES string of the molecule is CCCSNc1ccc(F)c(N(N)/C=C(\N)c2cncc(C)c2)c1F. The van der Waals surface area contributed by atoms with Crippen molar-refractivity contribution in [2.75, 3.05) is 15.5 Å². The van der Waals surface area contributed by atoms with Crippen LogP contribution >= 0.6 is 11.9 Å². The van der Waals surface area contributed by atoms with Crippen molar-refractivity contribution in [3.05, 3.63) is 59.6 Å². The minimum atomic E-state index is -0.780. The van der Waals surface area contributed by atoms with Crippen LogP contribution in [0.3, 0.4) is 0 Å². The first-order valence-corrected chi connectivity index (χ1v) is 8.71. The molecule has 5 nitrogen and oxygen atoms in total. The number of benzene rings is 1. The van der Waals surface area contributed by atoms with E-state index >= 15 is 0 Å². The van der Waals surface area contributed by atoms with Gasteiger partial charge in [0.05, 0.1) is 11.4 Å². The van der Waals surface area contributed by atoms with E-state index in [9.17, 15) is 8.78 Å². The number of rotatable bonds is 7. The molecule has 0 aliphatic rings. The summed E-state index contributed by atoms with van der Waals surface area (Å²) in [6, 6.07) is 4.30. The summed E-state index contributed by atoms with van der Waals surface area (Å²) in [4.78, 5) is 4.04. The Morgan fingerprint density at radius 2 is 2.12 bits per heavy atom. The van der Waals surface area contributed by atoms with Crippen molar-refractivity contribution < 1.29 is 8.78 Å². The predicted octanol–water partition coefficient (Wildman–Crippen LogP) is 3.78. The molecule has 0 bridgehead atoms. The van der Waals surface area contributed by atoms with Gasteiger partial charge in [0.2, 0.25) is 0 Å². The van der Waals surface area contributed by atoms with Gasteiger partial charge in [-0.2, -0.15) is 0 Å². The summed E-state index contributed by atoms with van der Waals surface area (Å²) in [5.41, 5.74) is 7.52. The molecule has 0 radical (unpaired) electrons. The minimum absolute atomic E-state index is 0.162. The van der Waals surface area contributed by atoms with Gasteiger partial charge >= 0.3 is 0 Å². The second-order valence-corrected chi connectivity index (χ2v) is 6.35. The van der Waals surface area contributed by atoms with Crippen LogP contribution in [0.25, 0.3) is 5.70 Å². The van der Waals surface area contributed by atoms with Gasteiger partial charge in [0.15, 0.2) is 11.6 Å². The van der Waals surface area contributed by atoms with Gasteiger partial charge in [-0.25, -0.2) is 14.6 Å². The van der Waals surface area contributed by atoms with Crippen LogP contribution in [-0.2, 0) is 0 Å². The summed E-state index contributed by atoms with van der Waals surface area (Å²) in [7, 11) is 0. The van der Waals surface area contributed by atoms with Gasteiger partial charge in [0, 0.05) is 29.9 Å². The molecule has 134 valence electrons. The largest absolute Gasteiger partial charge is 0.397 e. The number of nitrogens with two attached hydrogens (primary N) is 2. The van der Waals surface area contributed by atoms with Gasteiger partial charge < -0.3 is 10.5 Å². The Hall–Kier alpha value is -2.32. The third-order valence-corrected chi connectivity index (χ3v) is 4.28. The molecule has 1 heterocycles. The average Bonchev–Trinajstić information content (AvgIpc) is 2.57. The standard InChI is InChI=1S/C17H21F2N5S/c1-3-6-25-23-15-5-4-13(18)17(16(15)19)24(21)10-14(20)12-7-11(2)8-22-9-12/h4-5,7-10,23H,3,6,20-21H2,1-2H3/b14-10-. The lowest BCUT2D eigenvalue weighted by Gasteiger charge is -2.19. The minimum Gasteiger partial charge on any atom is -0.397 e. The fourth-order valence-corrected chi connectivity index (χ4v) is 2.71. The molecule has 2 aromatic rings. The normalized spacial score (nSPS) is 11.5. The summed E-state index contributed by atoms with van der Waals surface area (Å²) in [6.45, 7) is 3.88. The molecule has 0 unspecified atom stereocenters. The van der Waals surface area contributed by atoms with Crippen molar-refractivity contribution in [2.45, 2.75) is 20.3 Å². The maximum Gasteiger partial charge on any atom is 0.175 e. The molecule has 1 aromatic heterocycles. The van der Waals surface area contributed by atoms with Crippen LogP contribution in [0.2, 0.25) is 0 Å². The van der Waals surface area contributed by atoms with Crippen LogP contribution in [0.5, 0.6) is 0 Å². The van der Waals surface area contributed by atoms with Gasteiger partial charge in [-0.15, -0.1) is 0 Å². The highest BCUT2D eigenvalue weighted by Gasteiger charge is 2.17. The first kappa shape index (κ1) is 19.0. The lowest BCUT2D eigenvalue weighted by atomic mass is 10.2. The van der Waals surface area contributed by atoms with Crippen LogP contribution in [0.4, 0.5) is 20.2 Å². The zero-order valence-electron chi connectivity index (χ0n) is 14.1. The fourth-order valence-electron chi connectivity index (χ4n) is 2.09. The molecule has 2 rings (SSSR count). The fraction of sp³-hybridized carbons (Fsp3) is 0.235. The number of nitrogens with zero attached hydrogens (tertiary/aromatic N) is 2. The zero-order valence-corrected chi connectivity index (χ0v) is 14.9. The van der Waals surface area contributed by atoms with Crippen LogP contribution < -0.4 is 21.3 Å². The van der Waals surface area contributed by atoms with Gasteiger partial charge in [-0.05, 0) is 37.1 Å². The number of hydrazine groups is 1. The maximum atomic E-state index is 14.6. The predicted molar refractivity (Wildman–Crippen MR) is 101 cm³/mol. The van der Waals surface area contributed by atoms with Crippen molar-refractivity contribution in [3.8, 4) is 0 Å². The smallest absolute Gasteiger partial charge is 0.175 e. The molecular weight excluding hydrogens is 344 g/mol. The lowest BCUT2D eigenvalue weighted by molar-refractivity contribution is 0.584. The number of aryl methyl sites for hydroxylation is 1. The number of hydrogen-bond donors (Lipinski definition) is 3. The quantitative estimate of drug-likeness (QED) is 0.300. The van der Waals surface area contributed by atoms with E-state index in [0.29, 0.717) is 5.56 Å². The number of pyridine rings is 1.